The van der Waals surface area contributed by atoms with Crippen LogP contribution in [0.4, 0.5) is 14.5 Å². The second-order valence-electron chi connectivity index (χ2n) is 6.57. The average Bonchev–Trinajstić information content (AvgIpc) is 3.42. The highest BCUT2D eigenvalue weighted by Gasteiger charge is 2.28. The Morgan fingerprint density at radius 3 is 2.62 bits per heavy atom. The Kier molecular flexibility index (Phi) is 5.63. The molecule has 0 atom stereocenters. The number of carbonyl (C=O) groups is 2. The van der Waals surface area contributed by atoms with Crippen molar-refractivity contribution in [3.63, 3.8) is 0 Å². The number of hydrogen-bond acceptors (Lipinski definition) is 6. The van der Waals surface area contributed by atoms with Gasteiger partial charge >= 0.3 is 0 Å². The first kappa shape index (κ1) is 19.6. The summed E-state index contributed by atoms with van der Waals surface area (Å²) in [6.45, 7) is 1.23. The van der Waals surface area contributed by atoms with Gasteiger partial charge in [0, 0.05) is 25.1 Å². The van der Waals surface area contributed by atoms with Gasteiger partial charge in [-0.1, -0.05) is 17.4 Å². The van der Waals surface area contributed by atoms with Gasteiger partial charge in [0.2, 0.25) is 5.01 Å². The van der Waals surface area contributed by atoms with Gasteiger partial charge in [-0.05, 0) is 36.4 Å². The fourth-order valence-corrected chi connectivity index (χ4v) is 4.74. The molecule has 1 aliphatic heterocycles. The van der Waals surface area contributed by atoms with Crippen LogP contribution in [0, 0.1) is 11.6 Å². The molecule has 3 heterocycles. The molecule has 2 aromatic heterocycles. The Morgan fingerprint density at radius 2 is 1.93 bits per heavy atom. The number of aromatic nitrogens is 2. The number of benzene rings is 1. The number of rotatable bonds is 4. The van der Waals surface area contributed by atoms with Crippen molar-refractivity contribution >= 4 is 40.2 Å². The van der Waals surface area contributed by atoms with E-state index >= 15 is 0 Å². The molecule has 150 valence electrons. The molecular weight excluding hydrogens is 418 g/mol. The topological polar surface area (TPSA) is 75.2 Å². The molecule has 3 aromatic rings. The SMILES string of the molecule is O=C(Nc1ccc(F)cc1F)c1nnc(C2CCN(C(=O)c3cccs3)CC2)s1. The predicted octanol–water partition coefficient (Wildman–Crippen LogP) is 4.15. The first-order chi connectivity index (χ1) is 14.0. The molecule has 10 heteroatoms. The fourth-order valence-electron chi connectivity index (χ4n) is 3.14. The molecule has 0 unspecified atom stereocenters. The van der Waals surface area contributed by atoms with E-state index in [1.807, 2.05) is 22.4 Å². The molecular formula is C19H16F2N4O2S2. The summed E-state index contributed by atoms with van der Waals surface area (Å²) in [4.78, 5) is 27.3. The minimum atomic E-state index is -0.856. The maximum Gasteiger partial charge on any atom is 0.286 e. The van der Waals surface area contributed by atoms with Crippen LogP contribution in [0.25, 0.3) is 0 Å². The molecule has 0 spiro atoms. The Hall–Kier alpha value is -2.72. The lowest BCUT2D eigenvalue weighted by Gasteiger charge is -2.30. The van der Waals surface area contributed by atoms with Crippen molar-refractivity contribution in [3.8, 4) is 0 Å². The smallest absolute Gasteiger partial charge is 0.286 e. The normalized spacial score (nSPS) is 14.8. The molecule has 2 amide bonds. The minimum Gasteiger partial charge on any atom is -0.338 e. The maximum atomic E-state index is 13.7. The van der Waals surface area contributed by atoms with Gasteiger partial charge in [0.25, 0.3) is 11.8 Å². The Bertz CT molecular complexity index is 1030. The van der Waals surface area contributed by atoms with E-state index < -0.39 is 17.5 Å². The standard InChI is InChI=1S/C19H16F2N4O2S2/c20-12-3-4-14(13(21)10-12)22-16(26)18-24-23-17(29-18)11-5-7-25(8-6-11)19(27)15-2-1-9-28-15/h1-4,9-11H,5-8H2,(H,22,26). The molecule has 0 aliphatic carbocycles. The minimum absolute atomic E-state index is 0.0390. The highest BCUT2D eigenvalue weighted by Crippen LogP contribution is 2.31. The van der Waals surface area contributed by atoms with Gasteiger partial charge in [0.1, 0.15) is 16.6 Å². The van der Waals surface area contributed by atoms with E-state index in [0.29, 0.717) is 19.2 Å². The molecule has 0 saturated carbocycles. The summed E-state index contributed by atoms with van der Waals surface area (Å²) >= 11 is 2.58. The molecule has 4 rings (SSSR count). The van der Waals surface area contributed by atoms with Gasteiger partial charge in [-0.15, -0.1) is 21.5 Å². The molecule has 1 saturated heterocycles. The zero-order valence-corrected chi connectivity index (χ0v) is 16.7. The quantitative estimate of drug-likeness (QED) is 0.669. The van der Waals surface area contributed by atoms with E-state index in [1.165, 1.54) is 11.3 Å². The van der Waals surface area contributed by atoms with Crippen molar-refractivity contribution in [2.45, 2.75) is 18.8 Å². The summed E-state index contributed by atoms with van der Waals surface area (Å²) < 4.78 is 26.7. The zero-order valence-electron chi connectivity index (χ0n) is 15.1. The first-order valence-electron chi connectivity index (χ1n) is 8.94. The van der Waals surface area contributed by atoms with Crippen LogP contribution in [0.3, 0.4) is 0 Å². The average molecular weight is 434 g/mol. The number of halogens is 2. The fraction of sp³-hybridized carbons (Fsp3) is 0.263. The predicted molar refractivity (Wildman–Crippen MR) is 106 cm³/mol. The third-order valence-corrected chi connectivity index (χ3v) is 6.62. The Balaban J connectivity index is 1.37. The van der Waals surface area contributed by atoms with Crippen molar-refractivity contribution in [1.29, 1.82) is 0 Å². The number of hydrogen-bond donors (Lipinski definition) is 1. The van der Waals surface area contributed by atoms with Gasteiger partial charge in [0.05, 0.1) is 10.6 Å². The van der Waals surface area contributed by atoms with Crippen LogP contribution in [0.1, 0.15) is 43.2 Å². The lowest BCUT2D eigenvalue weighted by Crippen LogP contribution is -2.37. The molecule has 6 nitrogen and oxygen atoms in total. The van der Waals surface area contributed by atoms with E-state index in [1.54, 1.807) is 0 Å². The van der Waals surface area contributed by atoms with Gasteiger partial charge in [-0.25, -0.2) is 8.78 Å². The van der Waals surface area contributed by atoms with Crippen LogP contribution in [0.5, 0.6) is 0 Å². The summed E-state index contributed by atoms with van der Waals surface area (Å²) in [5.74, 6) is -2.01. The van der Waals surface area contributed by atoms with Gasteiger partial charge in [-0.2, -0.15) is 0 Å². The summed E-state index contributed by atoms with van der Waals surface area (Å²) in [6, 6.07) is 6.60. The highest BCUT2D eigenvalue weighted by molar-refractivity contribution is 7.13. The van der Waals surface area contributed by atoms with Crippen LogP contribution < -0.4 is 5.32 Å². The Morgan fingerprint density at radius 1 is 1.14 bits per heavy atom. The summed E-state index contributed by atoms with van der Waals surface area (Å²) in [7, 11) is 0. The number of piperidine rings is 1. The summed E-state index contributed by atoms with van der Waals surface area (Å²) in [5, 5.41) is 13.1. The van der Waals surface area contributed by atoms with Crippen LogP contribution in [-0.4, -0.2) is 40.0 Å². The third-order valence-electron chi connectivity index (χ3n) is 4.68. The van der Waals surface area contributed by atoms with Gasteiger partial charge in [0.15, 0.2) is 0 Å². The van der Waals surface area contributed by atoms with Crippen molar-refractivity contribution in [2.75, 3.05) is 18.4 Å². The number of thiophene rings is 1. The number of amides is 2. The third kappa shape index (κ3) is 4.33. The molecule has 0 bridgehead atoms. The van der Waals surface area contributed by atoms with Crippen molar-refractivity contribution in [3.05, 3.63) is 62.2 Å². The monoisotopic (exact) mass is 434 g/mol. The van der Waals surface area contributed by atoms with Gasteiger partial charge < -0.3 is 10.2 Å². The van der Waals surface area contributed by atoms with Gasteiger partial charge in [-0.3, -0.25) is 9.59 Å². The molecule has 1 aromatic carbocycles. The number of nitrogens with zero attached hydrogens (tertiary/aromatic N) is 3. The van der Waals surface area contributed by atoms with Crippen molar-refractivity contribution < 1.29 is 18.4 Å². The van der Waals surface area contributed by atoms with E-state index in [0.717, 1.165) is 46.2 Å². The second kappa shape index (κ2) is 8.34. The molecule has 0 radical (unpaired) electrons. The largest absolute Gasteiger partial charge is 0.338 e. The number of anilines is 1. The number of likely N-dealkylation sites (tertiary alicyclic amines) is 1. The van der Waals surface area contributed by atoms with E-state index in [9.17, 15) is 18.4 Å². The number of nitrogens with one attached hydrogen (secondary N) is 1. The lowest BCUT2D eigenvalue weighted by molar-refractivity contribution is 0.0717. The van der Waals surface area contributed by atoms with E-state index in [4.69, 9.17) is 0 Å². The zero-order chi connectivity index (χ0) is 20.4. The number of carbonyl (C=O) groups excluding carboxylic acids is 2. The maximum absolute atomic E-state index is 13.7. The highest BCUT2D eigenvalue weighted by atomic mass is 32.1. The molecule has 1 aliphatic rings. The van der Waals surface area contributed by atoms with Crippen LogP contribution in [0.2, 0.25) is 0 Å². The summed E-state index contributed by atoms with van der Waals surface area (Å²) in [5.41, 5.74) is -0.117. The van der Waals surface area contributed by atoms with E-state index in [2.05, 4.69) is 15.5 Å². The first-order valence-corrected chi connectivity index (χ1v) is 10.6. The Labute approximate surface area is 173 Å². The van der Waals surface area contributed by atoms with Crippen molar-refractivity contribution in [2.24, 2.45) is 0 Å². The molecule has 29 heavy (non-hydrogen) atoms. The second-order valence-corrected chi connectivity index (χ2v) is 8.52. The molecule has 1 fully saturated rings. The molecule has 1 N–H and O–H groups in total. The van der Waals surface area contributed by atoms with Crippen LogP contribution in [0.15, 0.2) is 35.7 Å². The van der Waals surface area contributed by atoms with E-state index in [-0.39, 0.29) is 22.5 Å². The lowest BCUT2D eigenvalue weighted by atomic mass is 9.97. The van der Waals surface area contributed by atoms with Crippen LogP contribution in [-0.2, 0) is 0 Å². The van der Waals surface area contributed by atoms with Crippen LogP contribution >= 0.6 is 22.7 Å². The summed E-state index contributed by atoms with van der Waals surface area (Å²) in [6.07, 6.45) is 1.47. The van der Waals surface area contributed by atoms with Crippen molar-refractivity contribution in [1.82, 2.24) is 15.1 Å².